The van der Waals surface area contributed by atoms with E-state index in [0.717, 1.165) is 0 Å². The third kappa shape index (κ3) is 3.09. The minimum atomic E-state index is -0.576. The summed E-state index contributed by atoms with van der Waals surface area (Å²) in [4.78, 5) is 31.5. The number of imidazole rings is 1. The van der Waals surface area contributed by atoms with Crippen LogP contribution in [0.15, 0.2) is 17.4 Å². The molecule has 0 aliphatic rings. The van der Waals surface area contributed by atoms with Gasteiger partial charge < -0.3 is 20.7 Å². The quantitative estimate of drug-likeness (QED) is 0.578. The number of nitrogens with zero attached hydrogens (tertiary/aromatic N) is 4. The third-order valence-corrected chi connectivity index (χ3v) is 3.18. The number of carbonyl (C=O) groups excluding carboxylic acids is 1. The predicted molar refractivity (Wildman–Crippen MR) is 75.6 cm³/mol. The Bertz CT molecular complexity index is 692. The zero-order valence-corrected chi connectivity index (χ0v) is 11.7. The van der Waals surface area contributed by atoms with Crippen molar-refractivity contribution < 1.29 is 9.90 Å². The van der Waals surface area contributed by atoms with Gasteiger partial charge in [-0.3, -0.25) is 14.2 Å². The second kappa shape index (κ2) is 6.46. The minimum absolute atomic E-state index is 0.00147. The van der Waals surface area contributed by atoms with Crippen molar-refractivity contribution in [2.45, 2.75) is 19.5 Å². The highest BCUT2D eigenvalue weighted by atomic mass is 16.3. The molecule has 1 amide bonds. The number of nitrogens with two attached hydrogens (primary N) is 1. The Hall–Kier alpha value is -2.26. The van der Waals surface area contributed by atoms with Crippen LogP contribution < -0.4 is 16.6 Å². The normalized spacial score (nSPS) is 12.5. The monoisotopic (exact) mass is 294 g/mol. The van der Waals surface area contributed by atoms with Crippen molar-refractivity contribution in [3.8, 4) is 0 Å². The van der Waals surface area contributed by atoms with Gasteiger partial charge in [0.1, 0.15) is 12.9 Å². The number of fused-ring (bicyclic) bond motifs is 1. The molecule has 0 aromatic carbocycles. The first-order chi connectivity index (χ1) is 10.1. The van der Waals surface area contributed by atoms with E-state index in [4.69, 9.17) is 10.8 Å². The maximum Gasteiger partial charge on any atom is 0.281 e. The first-order valence-electron chi connectivity index (χ1n) is 6.58. The van der Waals surface area contributed by atoms with Gasteiger partial charge in [-0.05, 0) is 6.92 Å². The highest BCUT2D eigenvalue weighted by molar-refractivity contribution is 5.76. The fourth-order valence-corrected chi connectivity index (χ4v) is 1.91. The van der Waals surface area contributed by atoms with Crippen LogP contribution in [0.1, 0.15) is 13.0 Å². The number of rotatable bonds is 6. The number of hydrogen-bond acceptors (Lipinski definition) is 6. The van der Waals surface area contributed by atoms with E-state index in [0.29, 0.717) is 12.2 Å². The summed E-state index contributed by atoms with van der Waals surface area (Å²) in [5.74, 6) is -0.488. The Labute approximate surface area is 120 Å². The fraction of sp³-hybridized carbons (Fsp3) is 0.500. The second-order valence-electron chi connectivity index (χ2n) is 4.66. The lowest BCUT2D eigenvalue weighted by Crippen LogP contribution is -2.32. The molecule has 0 saturated heterocycles. The highest BCUT2D eigenvalue weighted by Crippen LogP contribution is 2.11. The molecule has 4 N–H and O–H groups in total. The zero-order chi connectivity index (χ0) is 15.4. The molecule has 0 bridgehead atoms. The lowest BCUT2D eigenvalue weighted by atomic mass is 10.3. The summed E-state index contributed by atoms with van der Waals surface area (Å²) in [6.45, 7) is 2.24. The average molecular weight is 294 g/mol. The Kier molecular flexibility index (Phi) is 4.66. The van der Waals surface area contributed by atoms with Crippen LogP contribution in [0.3, 0.4) is 0 Å². The number of aliphatic hydroxyl groups excluding tert-OH is 1. The molecular weight excluding hydrogens is 276 g/mol. The molecule has 2 rings (SSSR count). The van der Waals surface area contributed by atoms with Crippen LogP contribution >= 0.6 is 0 Å². The number of hydrogen-bond donors (Lipinski definition) is 3. The Balaban J connectivity index is 2.23. The van der Waals surface area contributed by atoms with Gasteiger partial charge >= 0.3 is 0 Å². The number of aliphatic hydroxyl groups is 1. The van der Waals surface area contributed by atoms with Crippen LogP contribution in [0, 0.1) is 0 Å². The van der Waals surface area contributed by atoms with E-state index in [-0.39, 0.29) is 30.2 Å². The molecule has 0 aliphatic heterocycles. The van der Waals surface area contributed by atoms with Crippen molar-refractivity contribution in [3.05, 3.63) is 23.0 Å². The fourth-order valence-electron chi connectivity index (χ4n) is 1.91. The molecule has 0 aliphatic carbocycles. The van der Waals surface area contributed by atoms with Crippen molar-refractivity contribution in [1.82, 2.24) is 24.4 Å². The molecular formula is C12H18N6O3. The molecule has 0 radical (unpaired) electrons. The van der Waals surface area contributed by atoms with Gasteiger partial charge in [-0.2, -0.15) is 0 Å². The van der Waals surface area contributed by atoms with Gasteiger partial charge in [0.05, 0.1) is 6.33 Å². The standard InChI is InChI=1S/C12H18N6O3/c1-8(4-13)18-7-15-10-11(18)16-6-17(12(10)21)3-2-14-9(20)5-19/h6-8,19H,2-5,13H2,1H3,(H,14,20). The number of carbonyl (C=O) groups is 1. The lowest BCUT2D eigenvalue weighted by Gasteiger charge is -2.11. The molecule has 9 nitrogen and oxygen atoms in total. The minimum Gasteiger partial charge on any atom is -0.387 e. The molecule has 0 fully saturated rings. The molecule has 2 heterocycles. The van der Waals surface area contributed by atoms with Crippen molar-refractivity contribution in [2.24, 2.45) is 5.73 Å². The van der Waals surface area contributed by atoms with E-state index in [1.165, 1.54) is 10.9 Å². The number of amides is 1. The summed E-state index contributed by atoms with van der Waals surface area (Å²) in [7, 11) is 0. The molecule has 1 atom stereocenters. The molecule has 2 aromatic rings. The third-order valence-electron chi connectivity index (χ3n) is 3.18. The summed E-state index contributed by atoms with van der Waals surface area (Å²) in [5, 5.41) is 11.1. The number of aromatic nitrogens is 4. The topological polar surface area (TPSA) is 128 Å². The van der Waals surface area contributed by atoms with Gasteiger partial charge in [0, 0.05) is 25.7 Å². The molecule has 1 unspecified atom stereocenters. The van der Waals surface area contributed by atoms with E-state index in [2.05, 4.69) is 15.3 Å². The van der Waals surface area contributed by atoms with E-state index >= 15 is 0 Å². The van der Waals surface area contributed by atoms with E-state index in [1.807, 2.05) is 6.92 Å². The van der Waals surface area contributed by atoms with Gasteiger partial charge in [0.25, 0.3) is 5.56 Å². The number of nitrogens with one attached hydrogen (secondary N) is 1. The van der Waals surface area contributed by atoms with E-state index < -0.39 is 12.5 Å². The molecule has 21 heavy (non-hydrogen) atoms. The van der Waals surface area contributed by atoms with Crippen molar-refractivity contribution in [1.29, 1.82) is 0 Å². The summed E-state index contributed by atoms with van der Waals surface area (Å²) in [6.07, 6.45) is 2.96. The van der Waals surface area contributed by atoms with E-state index in [1.54, 1.807) is 10.9 Å². The summed E-state index contributed by atoms with van der Waals surface area (Å²) in [6, 6.07) is 0.00147. The van der Waals surface area contributed by atoms with Gasteiger partial charge in [-0.1, -0.05) is 0 Å². The van der Waals surface area contributed by atoms with Crippen LogP contribution in [-0.4, -0.2) is 49.8 Å². The van der Waals surface area contributed by atoms with Crippen LogP contribution in [0.2, 0.25) is 0 Å². The molecule has 0 spiro atoms. The summed E-state index contributed by atoms with van der Waals surface area (Å²) >= 11 is 0. The van der Waals surface area contributed by atoms with Crippen molar-refractivity contribution >= 4 is 17.1 Å². The Morgan fingerprint density at radius 3 is 2.90 bits per heavy atom. The maximum absolute atomic E-state index is 12.3. The Morgan fingerprint density at radius 1 is 1.48 bits per heavy atom. The van der Waals surface area contributed by atoms with Crippen LogP contribution in [0.25, 0.3) is 11.2 Å². The van der Waals surface area contributed by atoms with Crippen molar-refractivity contribution in [3.63, 3.8) is 0 Å². The van der Waals surface area contributed by atoms with Gasteiger partial charge in [0.2, 0.25) is 5.91 Å². The molecule has 2 aromatic heterocycles. The lowest BCUT2D eigenvalue weighted by molar-refractivity contribution is -0.123. The first-order valence-corrected chi connectivity index (χ1v) is 6.58. The Morgan fingerprint density at radius 2 is 2.24 bits per heavy atom. The predicted octanol–water partition coefficient (Wildman–Crippen LogP) is -1.78. The van der Waals surface area contributed by atoms with Crippen molar-refractivity contribution in [2.75, 3.05) is 19.7 Å². The average Bonchev–Trinajstić information content (AvgIpc) is 2.93. The molecule has 9 heteroatoms. The SMILES string of the molecule is CC(CN)n1cnc2c(=O)n(CCNC(=O)CO)cnc21. The summed E-state index contributed by atoms with van der Waals surface area (Å²) < 4.78 is 3.12. The smallest absolute Gasteiger partial charge is 0.281 e. The zero-order valence-electron chi connectivity index (χ0n) is 11.7. The summed E-state index contributed by atoms with van der Waals surface area (Å²) in [5.41, 5.74) is 6.10. The van der Waals surface area contributed by atoms with Crippen LogP contribution in [-0.2, 0) is 11.3 Å². The van der Waals surface area contributed by atoms with Gasteiger partial charge in [-0.25, -0.2) is 9.97 Å². The van der Waals surface area contributed by atoms with E-state index in [9.17, 15) is 9.59 Å². The highest BCUT2D eigenvalue weighted by Gasteiger charge is 2.13. The van der Waals surface area contributed by atoms with Gasteiger partial charge in [-0.15, -0.1) is 0 Å². The first kappa shape index (κ1) is 15.1. The largest absolute Gasteiger partial charge is 0.387 e. The second-order valence-corrected chi connectivity index (χ2v) is 4.66. The molecule has 114 valence electrons. The maximum atomic E-state index is 12.3. The van der Waals surface area contributed by atoms with Crippen LogP contribution in [0.4, 0.5) is 0 Å². The van der Waals surface area contributed by atoms with Crippen LogP contribution in [0.5, 0.6) is 0 Å². The molecule has 0 saturated carbocycles. The van der Waals surface area contributed by atoms with Gasteiger partial charge in [0.15, 0.2) is 11.2 Å².